The van der Waals surface area contributed by atoms with Gasteiger partial charge in [-0.2, -0.15) is 11.8 Å². The molecule has 2 nitrogen and oxygen atoms in total. The number of amidine groups is 1. The minimum atomic E-state index is 0.397. The summed E-state index contributed by atoms with van der Waals surface area (Å²) in [7, 11) is 0. The highest BCUT2D eigenvalue weighted by molar-refractivity contribution is 7.99. The molecule has 0 aromatic heterocycles. The van der Waals surface area contributed by atoms with Crippen LogP contribution in [0.25, 0.3) is 0 Å². The second-order valence-corrected chi connectivity index (χ2v) is 5.17. The monoisotopic (exact) mass is 200 g/mol. The van der Waals surface area contributed by atoms with Gasteiger partial charge in [-0.3, -0.25) is 4.99 Å². The fourth-order valence-corrected chi connectivity index (χ4v) is 2.40. The van der Waals surface area contributed by atoms with E-state index in [-0.39, 0.29) is 0 Å². The maximum Gasteiger partial charge on any atom is 0.0966 e. The molecular formula is C10H20N2S. The summed E-state index contributed by atoms with van der Waals surface area (Å²) in [6.45, 7) is 4.19. The molecule has 1 fully saturated rings. The number of hydrogen-bond donors (Lipinski definition) is 1. The van der Waals surface area contributed by atoms with E-state index in [0.717, 1.165) is 11.1 Å². The van der Waals surface area contributed by atoms with E-state index >= 15 is 0 Å². The van der Waals surface area contributed by atoms with E-state index in [1.54, 1.807) is 0 Å². The number of hydrogen-bond acceptors (Lipinski definition) is 2. The van der Waals surface area contributed by atoms with Crippen LogP contribution in [0.4, 0.5) is 0 Å². The second kappa shape index (κ2) is 4.89. The summed E-state index contributed by atoms with van der Waals surface area (Å²) in [6.07, 6.45) is 5.93. The van der Waals surface area contributed by atoms with Crippen LogP contribution >= 0.6 is 11.8 Å². The highest BCUT2D eigenvalue weighted by Crippen LogP contribution is 2.30. The summed E-state index contributed by atoms with van der Waals surface area (Å²) in [4.78, 5) is 4.55. The Bertz CT molecular complexity index is 189. The molecule has 0 saturated heterocycles. The predicted molar refractivity (Wildman–Crippen MR) is 61.4 cm³/mol. The van der Waals surface area contributed by atoms with E-state index in [4.69, 9.17) is 5.73 Å². The molecule has 2 unspecified atom stereocenters. The van der Waals surface area contributed by atoms with Crippen molar-refractivity contribution in [1.29, 1.82) is 0 Å². The Morgan fingerprint density at radius 1 is 1.46 bits per heavy atom. The van der Waals surface area contributed by atoms with Crippen LogP contribution in [0.15, 0.2) is 4.99 Å². The Morgan fingerprint density at radius 3 is 2.62 bits per heavy atom. The molecule has 0 spiro atoms. The van der Waals surface area contributed by atoms with Crippen LogP contribution in [0.5, 0.6) is 0 Å². The van der Waals surface area contributed by atoms with Gasteiger partial charge in [0.25, 0.3) is 0 Å². The lowest BCUT2D eigenvalue weighted by molar-refractivity contribution is 0.693. The third-order valence-electron chi connectivity index (χ3n) is 2.61. The molecule has 0 amide bonds. The van der Waals surface area contributed by atoms with Gasteiger partial charge in [0, 0.05) is 11.2 Å². The van der Waals surface area contributed by atoms with E-state index in [2.05, 4.69) is 25.1 Å². The van der Waals surface area contributed by atoms with Crippen molar-refractivity contribution in [3.8, 4) is 0 Å². The zero-order valence-corrected chi connectivity index (χ0v) is 9.60. The highest BCUT2D eigenvalue weighted by atomic mass is 32.2. The van der Waals surface area contributed by atoms with Crippen LogP contribution in [-0.2, 0) is 0 Å². The Labute approximate surface area is 85.4 Å². The third-order valence-corrected chi connectivity index (χ3v) is 3.71. The van der Waals surface area contributed by atoms with E-state index in [1.807, 2.05) is 11.8 Å². The van der Waals surface area contributed by atoms with Gasteiger partial charge in [0.05, 0.1) is 11.9 Å². The lowest BCUT2D eigenvalue weighted by Crippen LogP contribution is -2.21. The van der Waals surface area contributed by atoms with E-state index in [9.17, 15) is 0 Å². The lowest BCUT2D eigenvalue weighted by atomic mass is 10.2. The molecule has 2 N–H and O–H groups in total. The molecule has 1 aliphatic carbocycles. The summed E-state index contributed by atoms with van der Waals surface area (Å²) in [5.74, 6) is 1.22. The first kappa shape index (κ1) is 10.9. The van der Waals surface area contributed by atoms with Crippen molar-refractivity contribution in [3.63, 3.8) is 0 Å². The zero-order valence-electron chi connectivity index (χ0n) is 8.79. The van der Waals surface area contributed by atoms with Gasteiger partial charge in [-0.1, -0.05) is 13.8 Å². The standard InChI is InChI=1S/C10H20N2S/c1-7(2)10(11)12-8-4-5-9(6-8)13-3/h7-9H,4-6H2,1-3H3,(H2,11,12). The van der Waals surface area contributed by atoms with Crippen LogP contribution in [0.1, 0.15) is 33.1 Å². The molecule has 1 rings (SSSR count). The van der Waals surface area contributed by atoms with Crippen molar-refractivity contribution in [3.05, 3.63) is 0 Å². The molecule has 0 radical (unpaired) electrons. The van der Waals surface area contributed by atoms with Gasteiger partial charge in [0.2, 0.25) is 0 Å². The van der Waals surface area contributed by atoms with Crippen molar-refractivity contribution >= 4 is 17.6 Å². The number of nitrogens with zero attached hydrogens (tertiary/aromatic N) is 1. The fourth-order valence-electron chi connectivity index (χ4n) is 1.61. The fraction of sp³-hybridized carbons (Fsp3) is 0.900. The molecule has 0 aromatic carbocycles. The largest absolute Gasteiger partial charge is 0.387 e. The van der Waals surface area contributed by atoms with Crippen LogP contribution in [0.2, 0.25) is 0 Å². The molecule has 76 valence electrons. The normalized spacial score (nSPS) is 30.0. The van der Waals surface area contributed by atoms with Crippen molar-refractivity contribution in [2.45, 2.75) is 44.4 Å². The molecular weight excluding hydrogens is 180 g/mol. The van der Waals surface area contributed by atoms with Crippen molar-refractivity contribution in [2.75, 3.05) is 6.26 Å². The Kier molecular flexibility index (Phi) is 4.10. The highest BCUT2D eigenvalue weighted by Gasteiger charge is 2.23. The minimum Gasteiger partial charge on any atom is -0.387 e. The molecule has 0 aromatic rings. The van der Waals surface area contributed by atoms with Gasteiger partial charge < -0.3 is 5.73 Å². The number of rotatable bonds is 3. The molecule has 13 heavy (non-hydrogen) atoms. The maximum absolute atomic E-state index is 5.83. The molecule has 2 atom stereocenters. The molecule has 0 bridgehead atoms. The van der Waals surface area contributed by atoms with Crippen LogP contribution in [0, 0.1) is 5.92 Å². The summed E-state index contributed by atoms with van der Waals surface area (Å²) in [5, 5.41) is 0.814. The Balaban J connectivity index is 2.43. The van der Waals surface area contributed by atoms with E-state index in [0.29, 0.717) is 12.0 Å². The average Bonchev–Trinajstić information content (AvgIpc) is 2.52. The average molecular weight is 200 g/mol. The van der Waals surface area contributed by atoms with E-state index in [1.165, 1.54) is 19.3 Å². The van der Waals surface area contributed by atoms with Crippen LogP contribution < -0.4 is 5.73 Å². The summed E-state index contributed by atoms with van der Waals surface area (Å²) in [6, 6.07) is 0.500. The first-order chi connectivity index (χ1) is 6.13. The first-order valence-electron chi connectivity index (χ1n) is 4.99. The molecule has 1 saturated carbocycles. The number of thioether (sulfide) groups is 1. The van der Waals surface area contributed by atoms with Gasteiger partial charge in [-0.25, -0.2) is 0 Å². The van der Waals surface area contributed by atoms with Gasteiger partial charge in [0.15, 0.2) is 0 Å². The second-order valence-electron chi connectivity index (χ2n) is 4.03. The summed E-state index contributed by atoms with van der Waals surface area (Å²) >= 11 is 1.96. The topological polar surface area (TPSA) is 38.4 Å². The molecule has 0 aliphatic heterocycles. The minimum absolute atomic E-state index is 0.397. The van der Waals surface area contributed by atoms with Crippen LogP contribution in [0.3, 0.4) is 0 Å². The van der Waals surface area contributed by atoms with Gasteiger partial charge in [0.1, 0.15) is 0 Å². The molecule has 1 aliphatic rings. The Morgan fingerprint density at radius 2 is 2.15 bits per heavy atom. The quantitative estimate of drug-likeness (QED) is 0.560. The van der Waals surface area contributed by atoms with Gasteiger partial charge in [-0.05, 0) is 25.5 Å². The van der Waals surface area contributed by atoms with Crippen molar-refractivity contribution in [2.24, 2.45) is 16.6 Å². The lowest BCUT2D eigenvalue weighted by Gasteiger charge is -2.09. The Hall–Kier alpha value is -0.180. The number of nitrogens with two attached hydrogens (primary N) is 1. The SMILES string of the molecule is CSC1CCC(N=C(N)C(C)C)C1. The summed E-state index contributed by atoms with van der Waals surface area (Å²) < 4.78 is 0. The van der Waals surface area contributed by atoms with Crippen molar-refractivity contribution < 1.29 is 0 Å². The smallest absolute Gasteiger partial charge is 0.0966 e. The van der Waals surface area contributed by atoms with E-state index < -0.39 is 0 Å². The molecule has 0 heterocycles. The van der Waals surface area contributed by atoms with Crippen molar-refractivity contribution in [1.82, 2.24) is 0 Å². The maximum atomic E-state index is 5.83. The summed E-state index contributed by atoms with van der Waals surface area (Å²) in [5.41, 5.74) is 5.83. The third kappa shape index (κ3) is 3.22. The molecule has 3 heteroatoms. The van der Waals surface area contributed by atoms with Crippen LogP contribution in [-0.4, -0.2) is 23.4 Å². The van der Waals surface area contributed by atoms with Gasteiger partial charge in [-0.15, -0.1) is 0 Å². The predicted octanol–water partition coefficient (Wildman–Crippen LogP) is 2.28. The first-order valence-corrected chi connectivity index (χ1v) is 6.28. The number of aliphatic imine (C=N–C) groups is 1. The van der Waals surface area contributed by atoms with Gasteiger partial charge >= 0.3 is 0 Å². The zero-order chi connectivity index (χ0) is 9.84.